The highest BCUT2D eigenvalue weighted by atomic mass is 32.1. The SMILES string of the molecule is COc1ccc([C@H]2CC[C@H](CNc3cc(-c4cnc(C(C)(C)C)s4)ccn3)CC2)cc1C. The van der Waals surface area contributed by atoms with Crippen LogP contribution in [0.5, 0.6) is 5.75 Å². The Morgan fingerprint density at radius 1 is 1.06 bits per heavy atom. The number of nitrogens with one attached hydrogen (secondary N) is 1. The van der Waals surface area contributed by atoms with Crippen LogP contribution in [0.3, 0.4) is 0 Å². The van der Waals surface area contributed by atoms with Crippen molar-refractivity contribution in [1.82, 2.24) is 9.97 Å². The van der Waals surface area contributed by atoms with Crippen molar-refractivity contribution in [1.29, 1.82) is 0 Å². The Bertz CT molecular complexity index is 1050. The number of hydrogen-bond donors (Lipinski definition) is 1. The van der Waals surface area contributed by atoms with Gasteiger partial charge in [0.15, 0.2) is 0 Å². The Hall–Kier alpha value is -2.40. The number of rotatable bonds is 6. The minimum absolute atomic E-state index is 0.0837. The van der Waals surface area contributed by atoms with Gasteiger partial charge in [-0.25, -0.2) is 9.97 Å². The van der Waals surface area contributed by atoms with Gasteiger partial charge in [-0.1, -0.05) is 32.9 Å². The van der Waals surface area contributed by atoms with E-state index >= 15 is 0 Å². The molecule has 3 aromatic rings. The monoisotopic (exact) mass is 449 g/mol. The third-order valence-electron chi connectivity index (χ3n) is 6.50. The van der Waals surface area contributed by atoms with Crippen LogP contribution < -0.4 is 10.1 Å². The summed E-state index contributed by atoms with van der Waals surface area (Å²) in [4.78, 5) is 10.4. The first-order valence-electron chi connectivity index (χ1n) is 11.6. The maximum Gasteiger partial charge on any atom is 0.126 e. The molecule has 0 unspecified atom stereocenters. The molecule has 2 aromatic heterocycles. The minimum Gasteiger partial charge on any atom is -0.496 e. The van der Waals surface area contributed by atoms with Gasteiger partial charge >= 0.3 is 0 Å². The van der Waals surface area contributed by atoms with Crippen molar-refractivity contribution in [3.63, 3.8) is 0 Å². The quantitative estimate of drug-likeness (QED) is 0.432. The summed E-state index contributed by atoms with van der Waals surface area (Å²) in [5.74, 6) is 3.31. The minimum atomic E-state index is 0.0837. The molecule has 1 fully saturated rings. The van der Waals surface area contributed by atoms with Crippen LogP contribution in [0.1, 0.15) is 68.5 Å². The highest BCUT2D eigenvalue weighted by Crippen LogP contribution is 2.37. The van der Waals surface area contributed by atoms with Crippen molar-refractivity contribution in [2.24, 2.45) is 5.92 Å². The van der Waals surface area contributed by atoms with E-state index in [9.17, 15) is 0 Å². The van der Waals surface area contributed by atoms with Gasteiger partial charge in [-0.2, -0.15) is 0 Å². The molecule has 0 atom stereocenters. The molecular weight excluding hydrogens is 414 g/mol. The maximum absolute atomic E-state index is 5.41. The zero-order chi connectivity index (χ0) is 22.7. The Morgan fingerprint density at radius 2 is 1.84 bits per heavy atom. The molecule has 5 heteroatoms. The maximum atomic E-state index is 5.41. The number of anilines is 1. The lowest BCUT2D eigenvalue weighted by atomic mass is 9.78. The fraction of sp³-hybridized carbons (Fsp3) is 0.481. The van der Waals surface area contributed by atoms with E-state index in [0.717, 1.165) is 18.1 Å². The Morgan fingerprint density at radius 3 is 2.50 bits per heavy atom. The van der Waals surface area contributed by atoms with Gasteiger partial charge in [-0.05, 0) is 79.3 Å². The summed E-state index contributed by atoms with van der Waals surface area (Å²) in [6, 6.07) is 10.9. The zero-order valence-electron chi connectivity index (χ0n) is 19.9. The molecule has 1 aliphatic carbocycles. The molecule has 1 aromatic carbocycles. The van der Waals surface area contributed by atoms with Gasteiger partial charge in [0, 0.05) is 24.4 Å². The fourth-order valence-electron chi connectivity index (χ4n) is 4.54. The molecule has 2 heterocycles. The van der Waals surface area contributed by atoms with Gasteiger partial charge < -0.3 is 10.1 Å². The summed E-state index contributed by atoms with van der Waals surface area (Å²) in [5, 5.41) is 4.77. The van der Waals surface area contributed by atoms with E-state index in [-0.39, 0.29) is 5.41 Å². The number of nitrogens with zero attached hydrogens (tertiary/aromatic N) is 2. The van der Waals surface area contributed by atoms with Crippen molar-refractivity contribution in [2.75, 3.05) is 19.0 Å². The van der Waals surface area contributed by atoms with Gasteiger partial charge in [0.2, 0.25) is 0 Å². The molecular formula is C27H35N3OS. The molecule has 1 N–H and O–H groups in total. The van der Waals surface area contributed by atoms with E-state index in [0.29, 0.717) is 11.8 Å². The first kappa shape index (κ1) is 22.8. The van der Waals surface area contributed by atoms with Gasteiger partial charge in [-0.15, -0.1) is 11.3 Å². The number of ether oxygens (including phenoxy) is 1. The van der Waals surface area contributed by atoms with E-state index in [2.05, 4.69) is 73.3 Å². The van der Waals surface area contributed by atoms with E-state index in [1.54, 1.807) is 18.4 Å². The second kappa shape index (κ2) is 9.62. The van der Waals surface area contributed by atoms with Crippen molar-refractivity contribution < 1.29 is 4.74 Å². The van der Waals surface area contributed by atoms with Crippen molar-refractivity contribution in [2.45, 2.75) is 64.7 Å². The van der Waals surface area contributed by atoms with Gasteiger partial charge in [0.25, 0.3) is 0 Å². The van der Waals surface area contributed by atoms with Crippen LogP contribution in [0.4, 0.5) is 5.82 Å². The molecule has 0 bridgehead atoms. The second-order valence-corrected chi connectivity index (χ2v) is 11.1. The Labute approximate surface area is 196 Å². The Kier molecular flexibility index (Phi) is 6.85. The average molecular weight is 450 g/mol. The first-order chi connectivity index (χ1) is 15.3. The van der Waals surface area contributed by atoms with Crippen molar-refractivity contribution >= 4 is 17.2 Å². The first-order valence-corrected chi connectivity index (χ1v) is 12.5. The smallest absolute Gasteiger partial charge is 0.126 e. The summed E-state index contributed by atoms with van der Waals surface area (Å²) in [6.07, 6.45) is 8.91. The summed E-state index contributed by atoms with van der Waals surface area (Å²) in [7, 11) is 1.74. The molecule has 32 heavy (non-hydrogen) atoms. The highest BCUT2D eigenvalue weighted by molar-refractivity contribution is 7.15. The summed E-state index contributed by atoms with van der Waals surface area (Å²) in [5.41, 5.74) is 3.97. The molecule has 1 aliphatic rings. The van der Waals surface area contributed by atoms with E-state index < -0.39 is 0 Å². The van der Waals surface area contributed by atoms with E-state index in [4.69, 9.17) is 4.74 Å². The summed E-state index contributed by atoms with van der Waals surface area (Å²) in [6.45, 7) is 9.75. The zero-order valence-corrected chi connectivity index (χ0v) is 20.8. The number of methoxy groups -OCH3 is 1. The number of thiazole rings is 1. The van der Waals surface area contributed by atoms with Gasteiger partial charge in [-0.3, -0.25) is 0 Å². The fourth-order valence-corrected chi connectivity index (χ4v) is 5.51. The molecule has 4 rings (SSSR count). The predicted molar refractivity (Wildman–Crippen MR) is 135 cm³/mol. The largest absolute Gasteiger partial charge is 0.496 e. The third-order valence-corrected chi connectivity index (χ3v) is 7.97. The van der Waals surface area contributed by atoms with E-state index in [1.165, 1.54) is 52.3 Å². The summed E-state index contributed by atoms with van der Waals surface area (Å²) < 4.78 is 5.41. The number of hydrogen-bond acceptors (Lipinski definition) is 5. The predicted octanol–water partition coefficient (Wildman–Crippen LogP) is 7.21. The second-order valence-electron chi connectivity index (χ2n) is 10.0. The van der Waals surface area contributed by atoms with Crippen LogP contribution in [0.15, 0.2) is 42.7 Å². The number of benzene rings is 1. The lowest BCUT2D eigenvalue weighted by Crippen LogP contribution is -2.21. The topological polar surface area (TPSA) is 47.0 Å². The van der Waals surface area contributed by atoms with Crippen LogP contribution in [-0.2, 0) is 5.41 Å². The van der Waals surface area contributed by atoms with Crippen molar-refractivity contribution in [3.8, 4) is 16.2 Å². The van der Waals surface area contributed by atoms with Crippen molar-refractivity contribution in [3.05, 3.63) is 58.9 Å². The van der Waals surface area contributed by atoms with E-state index in [1.807, 2.05) is 12.4 Å². The van der Waals surface area contributed by atoms with Crippen LogP contribution in [-0.4, -0.2) is 23.6 Å². The van der Waals surface area contributed by atoms with Crippen LogP contribution in [0, 0.1) is 12.8 Å². The standard InChI is InChI=1S/C27H35N3OS/c1-18-14-21(10-11-23(18)31-5)20-8-6-19(7-9-20)16-29-25-15-22(12-13-28-25)24-17-30-26(32-24)27(2,3)4/h10-15,17,19-20H,6-9,16H2,1-5H3,(H,28,29)/t19-,20-. The van der Waals surface area contributed by atoms with Gasteiger partial charge in [0.05, 0.1) is 17.0 Å². The average Bonchev–Trinajstić information content (AvgIpc) is 3.29. The third kappa shape index (κ3) is 5.32. The molecule has 0 spiro atoms. The lowest BCUT2D eigenvalue weighted by molar-refractivity contribution is 0.338. The van der Waals surface area contributed by atoms with Crippen LogP contribution in [0.2, 0.25) is 0 Å². The molecule has 1 saturated carbocycles. The molecule has 0 radical (unpaired) electrons. The molecule has 0 amide bonds. The molecule has 0 saturated heterocycles. The number of aryl methyl sites for hydroxylation is 1. The molecule has 170 valence electrons. The highest BCUT2D eigenvalue weighted by Gasteiger charge is 2.23. The van der Waals surface area contributed by atoms with Gasteiger partial charge in [0.1, 0.15) is 11.6 Å². The lowest BCUT2D eigenvalue weighted by Gasteiger charge is -2.29. The summed E-state index contributed by atoms with van der Waals surface area (Å²) >= 11 is 1.77. The molecule has 0 aliphatic heterocycles. The normalized spacial score (nSPS) is 19.0. The Balaban J connectivity index is 1.32. The number of pyridine rings is 1. The van der Waals surface area contributed by atoms with Crippen LogP contribution >= 0.6 is 11.3 Å². The van der Waals surface area contributed by atoms with Crippen LogP contribution in [0.25, 0.3) is 10.4 Å². The number of aromatic nitrogens is 2. The molecule has 4 nitrogen and oxygen atoms in total.